The lowest BCUT2D eigenvalue weighted by atomic mass is 10.1. The molecule has 0 aromatic heterocycles. The third kappa shape index (κ3) is 5.27. The Bertz CT molecular complexity index is 1040. The highest BCUT2D eigenvalue weighted by molar-refractivity contribution is 7.89. The lowest BCUT2D eigenvalue weighted by Crippen LogP contribution is -2.35. The standard InChI is InChI=1S/C22H25F3N2O3S/c1-16-6-11-19(31(29,30)27-12-4-3-5-13-27)14-20(16)21(28)26(2)15-17-7-9-18(10-8-17)22(23,24)25/h6-11,14H,3-5,12-13,15H2,1-2H3. The van der Waals surface area contributed by atoms with Crippen LogP contribution in [0.3, 0.4) is 0 Å². The van der Waals surface area contributed by atoms with Gasteiger partial charge in [-0.05, 0) is 55.2 Å². The van der Waals surface area contributed by atoms with E-state index in [1.807, 2.05) is 0 Å². The van der Waals surface area contributed by atoms with Crippen molar-refractivity contribution in [2.24, 2.45) is 0 Å². The number of alkyl halides is 3. The number of hydrogen-bond acceptors (Lipinski definition) is 3. The first-order valence-corrected chi connectivity index (χ1v) is 11.5. The summed E-state index contributed by atoms with van der Waals surface area (Å²) in [4.78, 5) is 14.4. The van der Waals surface area contributed by atoms with Crippen molar-refractivity contribution in [2.75, 3.05) is 20.1 Å². The second kappa shape index (κ2) is 9.00. The largest absolute Gasteiger partial charge is 0.416 e. The number of benzene rings is 2. The van der Waals surface area contributed by atoms with Gasteiger partial charge in [0.1, 0.15) is 0 Å². The van der Waals surface area contributed by atoms with E-state index in [1.54, 1.807) is 13.0 Å². The van der Waals surface area contributed by atoms with Crippen molar-refractivity contribution in [1.29, 1.82) is 0 Å². The average Bonchev–Trinajstić information content (AvgIpc) is 2.73. The van der Waals surface area contributed by atoms with Crippen LogP contribution in [0.2, 0.25) is 0 Å². The minimum atomic E-state index is -4.42. The van der Waals surface area contributed by atoms with Crippen molar-refractivity contribution in [2.45, 2.75) is 43.8 Å². The third-order valence-electron chi connectivity index (χ3n) is 5.44. The molecular weight excluding hydrogens is 429 g/mol. The monoisotopic (exact) mass is 454 g/mol. The van der Waals surface area contributed by atoms with E-state index in [2.05, 4.69) is 0 Å². The van der Waals surface area contributed by atoms with Crippen molar-refractivity contribution in [3.63, 3.8) is 0 Å². The molecule has 0 spiro atoms. The molecule has 1 aliphatic rings. The molecule has 1 amide bonds. The fraction of sp³-hybridized carbons (Fsp3) is 0.409. The molecule has 3 rings (SSSR count). The molecule has 5 nitrogen and oxygen atoms in total. The fourth-order valence-corrected chi connectivity index (χ4v) is 5.14. The Morgan fingerprint density at radius 1 is 1.03 bits per heavy atom. The Morgan fingerprint density at radius 2 is 1.65 bits per heavy atom. The van der Waals surface area contributed by atoms with Gasteiger partial charge in [0.05, 0.1) is 10.5 Å². The maximum atomic E-state index is 13.0. The van der Waals surface area contributed by atoms with Gasteiger partial charge in [0, 0.05) is 32.2 Å². The van der Waals surface area contributed by atoms with E-state index in [0.717, 1.165) is 31.4 Å². The molecule has 168 valence electrons. The maximum Gasteiger partial charge on any atom is 0.416 e. The number of amides is 1. The van der Waals surface area contributed by atoms with E-state index in [4.69, 9.17) is 0 Å². The minimum Gasteiger partial charge on any atom is -0.337 e. The van der Waals surface area contributed by atoms with E-state index in [9.17, 15) is 26.4 Å². The van der Waals surface area contributed by atoms with Crippen molar-refractivity contribution in [3.8, 4) is 0 Å². The molecular formula is C22H25F3N2O3S. The smallest absolute Gasteiger partial charge is 0.337 e. The first-order valence-electron chi connectivity index (χ1n) is 10.0. The molecule has 1 saturated heterocycles. The van der Waals surface area contributed by atoms with Gasteiger partial charge in [-0.3, -0.25) is 4.79 Å². The summed E-state index contributed by atoms with van der Waals surface area (Å²) in [5.74, 6) is -0.395. The second-order valence-electron chi connectivity index (χ2n) is 7.80. The number of sulfonamides is 1. The van der Waals surface area contributed by atoms with Crippen LogP contribution in [-0.2, 0) is 22.7 Å². The van der Waals surface area contributed by atoms with Gasteiger partial charge in [-0.25, -0.2) is 8.42 Å². The molecule has 0 N–H and O–H groups in total. The Balaban J connectivity index is 1.80. The molecule has 0 saturated carbocycles. The van der Waals surface area contributed by atoms with Crippen LogP contribution in [-0.4, -0.2) is 43.7 Å². The fourth-order valence-electron chi connectivity index (χ4n) is 3.60. The molecule has 0 aliphatic carbocycles. The van der Waals surface area contributed by atoms with Crippen molar-refractivity contribution in [1.82, 2.24) is 9.21 Å². The minimum absolute atomic E-state index is 0.0753. The van der Waals surface area contributed by atoms with E-state index < -0.39 is 27.7 Å². The molecule has 9 heteroatoms. The highest BCUT2D eigenvalue weighted by atomic mass is 32.2. The van der Waals surface area contributed by atoms with Gasteiger partial charge in [0.25, 0.3) is 5.91 Å². The van der Waals surface area contributed by atoms with Crippen molar-refractivity contribution in [3.05, 3.63) is 64.7 Å². The van der Waals surface area contributed by atoms with E-state index in [1.165, 1.54) is 40.5 Å². The van der Waals surface area contributed by atoms with Gasteiger partial charge in [-0.15, -0.1) is 0 Å². The number of nitrogens with zero attached hydrogens (tertiary/aromatic N) is 2. The average molecular weight is 455 g/mol. The molecule has 0 radical (unpaired) electrons. The quantitative estimate of drug-likeness (QED) is 0.670. The molecule has 0 atom stereocenters. The summed E-state index contributed by atoms with van der Waals surface area (Å²) in [6.45, 7) is 2.75. The van der Waals surface area contributed by atoms with Gasteiger partial charge >= 0.3 is 6.18 Å². The Kier molecular flexibility index (Phi) is 6.76. The summed E-state index contributed by atoms with van der Waals surface area (Å²) in [5, 5.41) is 0. The van der Waals surface area contributed by atoms with Crippen LogP contribution in [0.4, 0.5) is 13.2 Å². The lowest BCUT2D eigenvalue weighted by molar-refractivity contribution is -0.137. The van der Waals surface area contributed by atoms with Crippen LogP contribution in [0.5, 0.6) is 0 Å². The van der Waals surface area contributed by atoms with E-state index in [-0.39, 0.29) is 17.0 Å². The normalized spacial score (nSPS) is 15.6. The van der Waals surface area contributed by atoms with Crippen LogP contribution in [0.15, 0.2) is 47.4 Å². The summed E-state index contributed by atoms with van der Waals surface area (Å²) in [5.41, 5.74) is 0.671. The number of rotatable bonds is 5. The molecule has 0 unspecified atom stereocenters. The van der Waals surface area contributed by atoms with Crippen LogP contribution in [0.1, 0.15) is 46.3 Å². The summed E-state index contributed by atoms with van der Waals surface area (Å²) < 4.78 is 65.5. The number of carbonyl (C=O) groups is 1. The van der Waals surface area contributed by atoms with Gasteiger partial charge < -0.3 is 4.90 Å². The van der Waals surface area contributed by atoms with Crippen molar-refractivity contribution >= 4 is 15.9 Å². The number of hydrogen-bond donors (Lipinski definition) is 0. The highest BCUT2D eigenvalue weighted by Gasteiger charge is 2.30. The first kappa shape index (κ1) is 23.3. The van der Waals surface area contributed by atoms with Gasteiger partial charge in [-0.1, -0.05) is 24.6 Å². The van der Waals surface area contributed by atoms with Gasteiger partial charge in [0.2, 0.25) is 10.0 Å². The number of halogens is 3. The van der Waals surface area contributed by atoms with Crippen LogP contribution < -0.4 is 0 Å². The maximum absolute atomic E-state index is 13.0. The number of aryl methyl sites for hydroxylation is 1. The zero-order valence-electron chi connectivity index (χ0n) is 17.4. The molecule has 1 aliphatic heterocycles. The van der Waals surface area contributed by atoms with Crippen LogP contribution >= 0.6 is 0 Å². The van der Waals surface area contributed by atoms with E-state index >= 15 is 0 Å². The summed E-state index contributed by atoms with van der Waals surface area (Å²) in [6, 6.07) is 9.12. The Hall–Kier alpha value is -2.39. The third-order valence-corrected chi connectivity index (χ3v) is 7.33. The Labute approximate surface area is 180 Å². The summed E-state index contributed by atoms with van der Waals surface area (Å²) in [6.07, 6.45) is -1.80. The summed E-state index contributed by atoms with van der Waals surface area (Å²) >= 11 is 0. The molecule has 1 heterocycles. The van der Waals surface area contributed by atoms with Crippen LogP contribution in [0, 0.1) is 6.92 Å². The first-order chi connectivity index (χ1) is 14.5. The summed E-state index contributed by atoms with van der Waals surface area (Å²) in [7, 11) is -2.15. The highest BCUT2D eigenvalue weighted by Crippen LogP contribution is 2.29. The molecule has 1 fully saturated rings. The topological polar surface area (TPSA) is 57.7 Å². The molecule has 2 aromatic carbocycles. The van der Waals surface area contributed by atoms with Gasteiger partial charge in [0.15, 0.2) is 0 Å². The van der Waals surface area contributed by atoms with Gasteiger partial charge in [-0.2, -0.15) is 17.5 Å². The predicted octanol–water partition coefficient (Wildman–Crippen LogP) is 4.46. The SMILES string of the molecule is Cc1ccc(S(=O)(=O)N2CCCCC2)cc1C(=O)N(C)Cc1ccc(C(F)(F)F)cc1. The Morgan fingerprint density at radius 3 is 2.23 bits per heavy atom. The number of carbonyl (C=O) groups excluding carboxylic acids is 1. The van der Waals surface area contributed by atoms with Crippen LogP contribution in [0.25, 0.3) is 0 Å². The lowest BCUT2D eigenvalue weighted by Gasteiger charge is -2.26. The zero-order chi connectivity index (χ0) is 22.8. The molecule has 2 aromatic rings. The van der Waals surface area contributed by atoms with Crippen molar-refractivity contribution < 1.29 is 26.4 Å². The predicted molar refractivity (Wildman–Crippen MR) is 111 cm³/mol. The molecule has 31 heavy (non-hydrogen) atoms. The zero-order valence-corrected chi connectivity index (χ0v) is 18.3. The second-order valence-corrected chi connectivity index (χ2v) is 9.74. The number of piperidine rings is 1. The molecule has 0 bridgehead atoms. The van der Waals surface area contributed by atoms with E-state index in [0.29, 0.717) is 24.2 Å².